The summed E-state index contributed by atoms with van der Waals surface area (Å²) < 4.78 is 5.20. The van der Waals surface area contributed by atoms with Crippen molar-refractivity contribution in [3.63, 3.8) is 0 Å². The Balaban J connectivity index is 1.85. The van der Waals surface area contributed by atoms with Gasteiger partial charge in [0.15, 0.2) is 5.17 Å². The van der Waals surface area contributed by atoms with Gasteiger partial charge in [-0.25, -0.2) is 4.99 Å². The largest absolute Gasteiger partial charge is 0.546 e. The van der Waals surface area contributed by atoms with Crippen molar-refractivity contribution < 1.29 is 19.4 Å². The number of nitrogens with one attached hydrogen (secondary N) is 1. The van der Waals surface area contributed by atoms with Gasteiger partial charge in [-0.2, -0.15) is 0 Å². The van der Waals surface area contributed by atoms with Crippen LogP contribution in [0.3, 0.4) is 0 Å². The van der Waals surface area contributed by atoms with Crippen LogP contribution in [0.1, 0.15) is 11.1 Å². The zero-order chi connectivity index (χ0) is 19.4. The van der Waals surface area contributed by atoms with E-state index in [0.29, 0.717) is 32.1 Å². The molecule has 1 saturated heterocycles. The third-order valence-corrected chi connectivity index (χ3v) is 4.98. The van der Waals surface area contributed by atoms with Crippen LogP contribution in [0.2, 0.25) is 5.02 Å². The topological polar surface area (TPSA) is 90.8 Å². The number of thioether (sulfide) groups is 1. The molecule has 1 aliphatic heterocycles. The summed E-state index contributed by atoms with van der Waals surface area (Å²) in [5, 5.41) is 14.3. The third kappa shape index (κ3) is 4.69. The molecule has 0 spiro atoms. The van der Waals surface area contributed by atoms with E-state index in [1.54, 1.807) is 42.5 Å². The molecule has 1 amide bonds. The maximum atomic E-state index is 12.3. The molecule has 27 heavy (non-hydrogen) atoms. The first-order valence-electron chi connectivity index (χ1n) is 7.90. The molecule has 3 rings (SSSR count). The predicted octanol–water partition coefficient (Wildman–Crippen LogP) is 2.67. The number of carbonyl (C=O) groups is 2. The van der Waals surface area contributed by atoms with Crippen molar-refractivity contribution in [2.75, 3.05) is 6.61 Å². The Hall–Kier alpha value is -2.77. The number of aliphatic carboxylic acids is 1. The van der Waals surface area contributed by atoms with Gasteiger partial charge < -0.3 is 20.0 Å². The predicted molar refractivity (Wildman–Crippen MR) is 104 cm³/mol. The highest BCUT2D eigenvalue weighted by molar-refractivity contribution is 8.18. The average Bonchev–Trinajstić information content (AvgIpc) is 2.97. The molecular formula is C19H14ClN2O4S-. The minimum Gasteiger partial charge on any atom is -0.546 e. The smallest absolute Gasteiger partial charge is 0.264 e. The number of ether oxygens (including phenoxy) is 1. The fourth-order valence-electron chi connectivity index (χ4n) is 2.32. The molecule has 2 aromatic rings. The van der Waals surface area contributed by atoms with Crippen LogP contribution in [0, 0.1) is 6.92 Å². The summed E-state index contributed by atoms with van der Waals surface area (Å²) >= 11 is 7.28. The van der Waals surface area contributed by atoms with E-state index >= 15 is 0 Å². The number of hydrogen-bond acceptors (Lipinski definition) is 6. The normalized spacial score (nSPS) is 16.6. The zero-order valence-electron chi connectivity index (χ0n) is 14.2. The summed E-state index contributed by atoms with van der Waals surface area (Å²) in [6.07, 6.45) is 1.62. The van der Waals surface area contributed by atoms with Gasteiger partial charge in [-0.15, -0.1) is 0 Å². The summed E-state index contributed by atoms with van der Waals surface area (Å²) in [7, 11) is 0. The first-order valence-corrected chi connectivity index (χ1v) is 9.10. The number of carboxylic acids is 1. The molecule has 1 aliphatic rings. The lowest BCUT2D eigenvalue weighted by Gasteiger charge is -2.09. The van der Waals surface area contributed by atoms with E-state index in [9.17, 15) is 14.7 Å². The van der Waals surface area contributed by atoms with Gasteiger partial charge in [0.1, 0.15) is 12.4 Å². The van der Waals surface area contributed by atoms with Gasteiger partial charge in [-0.05, 0) is 48.5 Å². The van der Waals surface area contributed by atoms with Crippen molar-refractivity contribution >= 4 is 52.2 Å². The molecule has 0 atom stereocenters. The highest BCUT2D eigenvalue weighted by Gasteiger charge is 2.24. The number of aliphatic imine (C=N–C) groups is 1. The number of halogens is 1. The Morgan fingerprint density at radius 2 is 2.07 bits per heavy atom. The molecule has 138 valence electrons. The number of amidine groups is 1. The first kappa shape index (κ1) is 19.0. The van der Waals surface area contributed by atoms with Crippen molar-refractivity contribution in [1.82, 2.24) is 5.32 Å². The fraction of sp³-hybridized carbons (Fsp3) is 0.105. The van der Waals surface area contributed by atoms with Crippen LogP contribution in [-0.4, -0.2) is 23.7 Å². The molecule has 6 nitrogen and oxygen atoms in total. The van der Waals surface area contributed by atoms with Crippen molar-refractivity contribution in [1.29, 1.82) is 0 Å². The summed E-state index contributed by atoms with van der Waals surface area (Å²) in [6, 6.07) is 12.2. The molecule has 0 saturated carbocycles. The van der Waals surface area contributed by atoms with E-state index in [0.717, 1.165) is 5.56 Å². The van der Waals surface area contributed by atoms with E-state index < -0.39 is 12.6 Å². The summed E-state index contributed by atoms with van der Waals surface area (Å²) in [5.41, 5.74) is 2.07. The zero-order valence-corrected chi connectivity index (χ0v) is 15.8. The Morgan fingerprint density at radius 1 is 1.30 bits per heavy atom. The molecule has 0 radical (unpaired) electrons. The highest BCUT2D eigenvalue weighted by atomic mass is 35.5. The van der Waals surface area contributed by atoms with Crippen molar-refractivity contribution in [3.8, 4) is 5.75 Å². The van der Waals surface area contributed by atoms with Crippen LogP contribution in [0.4, 0.5) is 5.69 Å². The maximum Gasteiger partial charge on any atom is 0.264 e. The number of hydrogen-bond donors (Lipinski definition) is 1. The standard InChI is InChI=1S/C19H15ClN2O4S/c1-11-13(20)6-4-7-14(11)21-19-22-18(25)16(27-19)9-12-5-2-3-8-15(12)26-10-17(23)24/h2-9H,10H2,1H3,(H,23,24)(H,21,22,25)/p-1/b16-9-. The van der Waals surface area contributed by atoms with Gasteiger partial charge in [0, 0.05) is 10.6 Å². The molecule has 0 bridgehead atoms. The van der Waals surface area contributed by atoms with Gasteiger partial charge >= 0.3 is 0 Å². The minimum absolute atomic E-state index is 0.298. The third-order valence-electron chi connectivity index (χ3n) is 3.66. The van der Waals surface area contributed by atoms with Crippen LogP contribution in [-0.2, 0) is 9.59 Å². The number of para-hydroxylation sites is 1. The molecule has 8 heteroatoms. The Kier molecular flexibility index (Phi) is 5.83. The Labute approximate surface area is 164 Å². The van der Waals surface area contributed by atoms with Crippen LogP contribution >= 0.6 is 23.4 Å². The van der Waals surface area contributed by atoms with E-state index in [4.69, 9.17) is 16.3 Å². The van der Waals surface area contributed by atoms with Gasteiger partial charge in [0.2, 0.25) is 0 Å². The van der Waals surface area contributed by atoms with Crippen molar-refractivity contribution in [2.24, 2.45) is 4.99 Å². The lowest BCUT2D eigenvalue weighted by atomic mass is 10.2. The lowest BCUT2D eigenvalue weighted by molar-refractivity contribution is -0.307. The highest BCUT2D eigenvalue weighted by Crippen LogP contribution is 2.32. The van der Waals surface area contributed by atoms with Gasteiger partial charge in [0.05, 0.1) is 16.6 Å². The molecule has 1 N–H and O–H groups in total. The number of amides is 1. The minimum atomic E-state index is -1.32. The van der Waals surface area contributed by atoms with E-state index in [-0.39, 0.29) is 5.91 Å². The second-order valence-corrected chi connectivity index (χ2v) is 7.00. The van der Waals surface area contributed by atoms with Crippen molar-refractivity contribution in [3.05, 3.63) is 63.5 Å². The molecular weight excluding hydrogens is 388 g/mol. The average molecular weight is 402 g/mol. The number of carbonyl (C=O) groups excluding carboxylic acids is 2. The van der Waals surface area contributed by atoms with Crippen LogP contribution in [0.25, 0.3) is 6.08 Å². The van der Waals surface area contributed by atoms with Crippen molar-refractivity contribution in [2.45, 2.75) is 6.92 Å². The Bertz CT molecular complexity index is 972. The molecule has 1 fully saturated rings. The Morgan fingerprint density at radius 3 is 2.85 bits per heavy atom. The van der Waals surface area contributed by atoms with E-state index in [1.165, 1.54) is 11.8 Å². The SMILES string of the molecule is Cc1c(Cl)cccc1N=C1NC(=O)/C(=C/c2ccccc2OCC(=O)[O-])S1. The number of nitrogens with zero attached hydrogens (tertiary/aromatic N) is 1. The number of rotatable bonds is 5. The first-order chi connectivity index (χ1) is 12.9. The number of benzene rings is 2. The summed E-state index contributed by atoms with van der Waals surface area (Å²) in [4.78, 5) is 27.7. The van der Waals surface area contributed by atoms with Crippen LogP contribution in [0.15, 0.2) is 52.4 Å². The second-order valence-electron chi connectivity index (χ2n) is 5.56. The van der Waals surface area contributed by atoms with E-state index in [2.05, 4.69) is 10.3 Å². The molecule has 0 aromatic heterocycles. The van der Waals surface area contributed by atoms with Gasteiger partial charge in [0.25, 0.3) is 5.91 Å². The fourth-order valence-corrected chi connectivity index (χ4v) is 3.31. The summed E-state index contributed by atoms with van der Waals surface area (Å²) in [5.74, 6) is -1.27. The maximum absolute atomic E-state index is 12.3. The van der Waals surface area contributed by atoms with Gasteiger partial charge in [-0.1, -0.05) is 35.9 Å². The second kappa shape index (κ2) is 8.28. The van der Waals surface area contributed by atoms with Crippen LogP contribution in [0.5, 0.6) is 5.75 Å². The van der Waals surface area contributed by atoms with E-state index in [1.807, 2.05) is 13.0 Å². The molecule has 1 heterocycles. The van der Waals surface area contributed by atoms with Crippen LogP contribution < -0.4 is 15.2 Å². The number of carboxylic acid groups (broad SMARTS) is 1. The molecule has 0 aliphatic carbocycles. The monoisotopic (exact) mass is 401 g/mol. The molecule has 2 aromatic carbocycles. The quantitative estimate of drug-likeness (QED) is 0.778. The van der Waals surface area contributed by atoms with Gasteiger partial charge in [-0.3, -0.25) is 4.79 Å². The molecule has 0 unspecified atom stereocenters. The summed E-state index contributed by atoms with van der Waals surface area (Å²) in [6.45, 7) is 1.28. The lowest BCUT2D eigenvalue weighted by Crippen LogP contribution is -2.29.